The highest BCUT2D eigenvalue weighted by molar-refractivity contribution is 6.32. The van der Waals surface area contributed by atoms with E-state index < -0.39 is 0 Å². The number of fused-ring (bicyclic) bond motifs is 5. The van der Waals surface area contributed by atoms with Crippen molar-refractivity contribution in [2.24, 2.45) is 17.3 Å². The molecule has 0 unspecified atom stereocenters. The van der Waals surface area contributed by atoms with Crippen molar-refractivity contribution in [3.05, 3.63) is 70.8 Å². The fourth-order valence-electron chi connectivity index (χ4n) is 7.70. The van der Waals surface area contributed by atoms with Crippen LogP contribution < -0.4 is 4.74 Å². The number of nitrogens with zero attached hydrogens (tertiary/aromatic N) is 1. The quantitative estimate of drug-likeness (QED) is 0.396. The molecule has 0 heterocycles. The Balaban J connectivity index is 1.42. The molecule has 6 atom stereocenters. The summed E-state index contributed by atoms with van der Waals surface area (Å²) in [5.41, 5.74) is 3.65. The molecule has 5 rings (SSSR count). The van der Waals surface area contributed by atoms with Gasteiger partial charge in [0.2, 0.25) is 0 Å². The van der Waals surface area contributed by atoms with Crippen LogP contribution in [-0.2, 0) is 6.42 Å². The number of phenolic OH excluding ortho intramolecular Hbond substituents is 1. The van der Waals surface area contributed by atoms with Crippen molar-refractivity contribution >= 4 is 11.6 Å². The summed E-state index contributed by atoms with van der Waals surface area (Å²) in [7, 11) is 0. The molecule has 2 N–H and O–H groups in total. The van der Waals surface area contributed by atoms with Gasteiger partial charge in [-0.1, -0.05) is 49.7 Å². The van der Waals surface area contributed by atoms with Gasteiger partial charge < -0.3 is 14.9 Å². The molecule has 0 aliphatic heterocycles. The van der Waals surface area contributed by atoms with Crippen LogP contribution in [0.5, 0.6) is 11.5 Å². The second-order valence-corrected chi connectivity index (χ2v) is 11.7. The van der Waals surface area contributed by atoms with Gasteiger partial charge in [-0.15, -0.1) is 6.58 Å². The van der Waals surface area contributed by atoms with E-state index in [1.165, 1.54) is 11.1 Å². The van der Waals surface area contributed by atoms with Crippen molar-refractivity contribution in [1.82, 2.24) is 4.90 Å². The molecule has 0 spiro atoms. The molecule has 2 fully saturated rings. The zero-order valence-electron chi connectivity index (χ0n) is 21.6. The van der Waals surface area contributed by atoms with Gasteiger partial charge in [0.25, 0.3) is 0 Å². The van der Waals surface area contributed by atoms with Crippen molar-refractivity contribution in [3.8, 4) is 11.5 Å². The van der Waals surface area contributed by atoms with Crippen LogP contribution in [-0.4, -0.2) is 47.5 Å². The first-order chi connectivity index (χ1) is 17.4. The van der Waals surface area contributed by atoms with Gasteiger partial charge in [-0.05, 0) is 103 Å². The van der Waals surface area contributed by atoms with E-state index >= 15 is 0 Å². The van der Waals surface area contributed by atoms with Crippen LogP contribution in [0.25, 0.3) is 0 Å². The molecule has 2 aromatic carbocycles. The minimum absolute atomic E-state index is 0.0615. The lowest BCUT2D eigenvalue weighted by Gasteiger charge is -2.54. The molecule has 0 bridgehead atoms. The van der Waals surface area contributed by atoms with Crippen molar-refractivity contribution in [3.63, 3.8) is 0 Å². The summed E-state index contributed by atoms with van der Waals surface area (Å²) >= 11 is 6.60. The van der Waals surface area contributed by atoms with Crippen molar-refractivity contribution in [2.45, 2.75) is 63.9 Å². The van der Waals surface area contributed by atoms with Gasteiger partial charge in [-0.3, -0.25) is 4.90 Å². The van der Waals surface area contributed by atoms with Gasteiger partial charge in [0, 0.05) is 13.1 Å². The summed E-state index contributed by atoms with van der Waals surface area (Å²) in [6, 6.07) is 12.5. The average molecular weight is 510 g/mol. The van der Waals surface area contributed by atoms with Gasteiger partial charge in [-0.2, -0.15) is 0 Å². The Morgan fingerprint density at radius 3 is 2.67 bits per heavy atom. The number of hydrogen-bond donors (Lipinski definition) is 2. The fraction of sp³-hybridized carbons (Fsp3) is 0.548. The Bertz CT molecular complexity index is 1090. The lowest BCUT2D eigenvalue weighted by Crippen LogP contribution is -2.47. The Kier molecular flexibility index (Phi) is 7.40. The van der Waals surface area contributed by atoms with E-state index in [2.05, 4.69) is 55.7 Å². The lowest BCUT2D eigenvalue weighted by atomic mass is 9.51. The summed E-state index contributed by atoms with van der Waals surface area (Å²) in [6.07, 6.45) is 6.60. The zero-order chi connectivity index (χ0) is 25.4. The number of aromatic hydroxyl groups is 1. The minimum atomic E-state index is -0.240. The van der Waals surface area contributed by atoms with E-state index in [9.17, 15) is 10.2 Å². The first-order valence-electron chi connectivity index (χ1n) is 13.6. The van der Waals surface area contributed by atoms with E-state index in [4.69, 9.17) is 16.3 Å². The minimum Gasteiger partial charge on any atom is -0.506 e. The zero-order valence-corrected chi connectivity index (χ0v) is 22.4. The number of aliphatic hydroxyl groups excluding tert-OH is 1. The normalized spacial score (nSPS) is 31.0. The Morgan fingerprint density at radius 2 is 1.94 bits per heavy atom. The second-order valence-electron chi connectivity index (χ2n) is 11.3. The SMILES string of the molecule is C=CCN(CC)CCOc1ccc([C@H]2C[C@]3(C)[C@@H](O)CC[C@H]3[C@@H]3CCc4c(ccc(O)c4Cl)[C@H]32)cc1. The molecule has 4 nitrogen and oxygen atoms in total. The monoisotopic (exact) mass is 509 g/mol. The van der Waals surface area contributed by atoms with Crippen LogP contribution in [0, 0.1) is 17.3 Å². The second kappa shape index (κ2) is 10.4. The number of ether oxygens (including phenoxy) is 1. The third kappa shape index (κ3) is 4.46. The Hall–Kier alpha value is -2.01. The lowest BCUT2D eigenvalue weighted by molar-refractivity contribution is -0.0322. The van der Waals surface area contributed by atoms with Crippen LogP contribution in [0.1, 0.15) is 68.1 Å². The van der Waals surface area contributed by atoms with Gasteiger partial charge in [-0.25, -0.2) is 0 Å². The number of aliphatic hydroxyl groups is 1. The van der Waals surface area contributed by atoms with E-state index in [1.54, 1.807) is 6.07 Å². The van der Waals surface area contributed by atoms with E-state index in [-0.39, 0.29) is 17.3 Å². The number of phenols is 1. The maximum Gasteiger partial charge on any atom is 0.134 e. The standard InChI is InChI=1S/C31H40ClNO3/c1-4-16-33(5-2)17-18-36-21-8-6-20(7-9-21)25-19-31(3)26(13-15-28(31)35)24-11-10-23-22(29(24)25)12-14-27(34)30(23)32/h4,6-9,12,14,24-26,28-29,34-35H,1,5,10-11,13,15-19H2,2-3H3/t24-,25+,26-,28-,29+,31-/m0/s1. The molecule has 0 aromatic heterocycles. The fourth-order valence-corrected chi connectivity index (χ4v) is 7.97. The highest BCUT2D eigenvalue weighted by Gasteiger charge is 2.57. The molecule has 194 valence electrons. The predicted octanol–water partition coefficient (Wildman–Crippen LogP) is 6.54. The van der Waals surface area contributed by atoms with Crippen LogP contribution in [0.3, 0.4) is 0 Å². The molecule has 0 radical (unpaired) electrons. The van der Waals surface area contributed by atoms with Crippen LogP contribution >= 0.6 is 11.6 Å². The van der Waals surface area contributed by atoms with Gasteiger partial charge >= 0.3 is 0 Å². The van der Waals surface area contributed by atoms with Crippen LogP contribution in [0.15, 0.2) is 49.1 Å². The molecular formula is C31H40ClNO3. The number of hydrogen-bond acceptors (Lipinski definition) is 4. The summed E-state index contributed by atoms with van der Waals surface area (Å²) in [5, 5.41) is 21.9. The topological polar surface area (TPSA) is 52.9 Å². The van der Waals surface area contributed by atoms with Crippen molar-refractivity contribution in [1.29, 1.82) is 0 Å². The molecule has 2 saturated carbocycles. The van der Waals surface area contributed by atoms with Gasteiger partial charge in [0.15, 0.2) is 0 Å². The maximum absolute atomic E-state index is 11.1. The van der Waals surface area contributed by atoms with Crippen molar-refractivity contribution < 1.29 is 14.9 Å². The summed E-state index contributed by atoms with van der Waals surface area (Å²) in [4.78, 5) is 2.30. The molecular weight excluding hydrogens is 470 g/mol. The molecule has 2 aromatic rings. The number of likely N-dealkylation sites (N-methyl/N-ethyl adjacent to an activating group) is 1. The van der Waals surface area contributed by atoms with E-state index in [1.807, 2.05) is 6.08 Å². The first kappa shape index (κ1) is 25.6. The van der Waals surface area contributed by atoms with Crippen LogP contribution in [0.2, 0.25) is 5.02 Å². The molecule has 3 aliphatic rings. The number of rotatable bonds is 8. The van der Waals surface area contributed by atoms with Crippen molar-refractivity contribution in [2.75, 3.05) is 26.2 Å². The molecule has 36 heavy (non-hydrogen) atoms. The Labute approximate surface area is 220 Å². The van der Waals surface area contributed by atoms with E-state index in [0.717, 1.165) is 63.1 Å². The third-order valence-electron chi connectivity index (χ3n) is 9.60. The smallest absolute Gasteiger partial charge is 0.134 e. The summed E-state index contributed by atoms with van der Waals surface area (Å²) < 4.78 is 6.06. The number of benzene rings is 2. The molecule has 0 amide bonds. The highest BCUT2D eigenvalue weighted by Crippen LogP contribution is 2.65. The largest absolute Gasteiger partial charge is 0.506 e. The summed E-state index contributed by atoms with van der Waals surface area (Å²) in [5.74, 6) is 2.75. The molecule has 5 heteroatoms. The summed E-state index contributed by atoms with van der Waals surface area (Å²) in [6.45, 7) is 11.7. The van der Waals surface area contributed by atoms with E-state index in [0.29, 0.717) is 35.3 Å². The maximum atomic E-state index is 11.1. The van der Waals surface area contributed by atoms with Crippen LogP contribution in [0.4, 0.5) is 0 Å². The Morgan fingerprint density at radius 1 is 1.17 bits per heavy atom. The average Bonchev–Trinajstić information content (AvgIpc) is 3.19. The van der Waals surface area contributed by atoms with Gasteiger partial charge in [0.05, 0.1) is 11.1 Å². The highest BCUT2D eigenvalue weighted by atomic mass is 35.5. The van der Waals surface area contributed by atoms with Gasteiger partial charge in [0.1, 0.15) is 18.1 Å². The first-order valence-corrected chi connectivity index (χ1v) is 14.0. The predicted molar refractivity (Wildman–Crippen MR) is 146 cm³/mol. The molecule has 3 aliphatic carbocycles. The third-order valence-corrected chi connectivity index (χ3v) is 10.0. The molecule has 0 saturated heterocycles. The number of halogens is 1.